The molecular formula is C7H6BrN3O. The summed E-state index contributed by atoms with van der Waals surface area (Å²) in [6, 6.07) is 1.82. The zero-order valence-electron chi connectivity index (χ0n) is 6.41. The molecular weight excluding hydrogens is 222 g/mol. The highest BCUT2D eigenvalue weighted by molar-refractivity contribution is 9.10. The Morgan fingerprint density at radius 3 is 3.00 bits per heavy atom. The Bertz CT molecular complexity index is 391. The molecule has 1 heterocycles. The monoisotopic (exact) mass is 227 g/mol. The molecule has 0 fully saturated rings. The van der Waals surface area contributed by atoms with Crippen molar-refractivity contribution in [3.63, 3.8) is 0 Å². The summed E-state index contributed by atoms with van der Waals surface area (Å²) >= 11 is 3.07. The first-order valence-electron chi connectivity index (χ1n) is 3.36. The summed E-state index contributed by atoms with van der Waals surface area (Å²) in [5.41, 5.74) is -0.249. The highest BCUT2D eigenvalue weighted by Gasteiger charge is 2.06. The number of hydrogen-bond donors (Lipinski definition) is 0. The minimum Gasteiger partial charge on any atom is -0.266 e. The van der Waals surface area contributed by atoms with Gasteiger partial charge in [0.25, 0.3) is 5.56 Å². The lowest BCUT2D eigenvalue weighted by atomic mass is 10.3. The number of rotatable bonds is 1. The van der Waals surface area contributed by atoms with Crippen molar-refractivity contribution in [1.82, 2.24) is 9.78 Å². The minimum absolute atomic E-state index is 0.104. The third kappa shape index (κ3) is 1.38. The molecule has 0 radical (unpaired) electrons. The smallest absolute Gasteiger partial charge is 0.266 e. The van der Waals surface area contributed by atoms with E-state index in [1.807, 2.05) is 6.07 Å². The molecule has 0 unspecified atom stereocenters. The van der Waals surface area contributed by atoms with Crippen LogP contribution in [0.4, 0.5) is 0 Å². The SMILES string of the molecule is CCn1ncc(Br)c(C#N)c1=O. The van der Waals surface area contributed by atoms with Crippen LogP contribution < -0.4 is 5.56 Å². The van der Waals surface area contributed by atoms with Crippen LogP contribution in [0.3, 0.4) is 0 Å². The van der Waals surface area contributed by atoms with Gasteiger partial charge in [0.05, 0.1) is 10.7 Å². The predicted octanol–water partition coefficient (Wildman–Crippen LogP) is 0.897. The number of nitriles is 1. The zero-order chi connectivity index (χ0) is 9.14. The predicted molar refractivity (Wildman–Crippen MR) is 46.6 cm³/mol. The number of hydrogen-bond acceptors (Lipinski definition) is 3. The van der Waals surface area contributed by atoms with Gasteiger partial charge >= 0.3 is 0 Å². The summed E-state index contributed by atoms with van der Waals surface area (Å²) in [7, 11) is 0. The van der Waals surface area contributed by atoms with E-state index in [1.54, 1.807) is 6.92 Å². The Kier molecular flexibility index (Phi) is 2.61. The molecule has 0 aliphatic heterocycles. The molecule has 0 N–H and O–H groups in total. The van der Waals surface area contributed by atoms with E-state index < -0.39 is 0 Å². The normalized spacial score (nSPS) is 9.42. The van der Waals surface area contributed by atoms with E-state index in [2.05, 4.69) is 21.0 Å². The van der Waals surface area contributed by atoms with Crippen LogP contribution in [0.2, 0.25) is 0 Å². The molecule has 4 nitrogen and oxygen atoms in total. The van der Waals surface area contributed by atoms with Gasteiger partial charge < -0.3 is 0 Å². The van der Waals surface area contributed by atoms with Gasteiger partial charge in [-0.3, -0.25) is 4.79 Å². The Balaban J connectivity index is 3.48. The highest BCUT2D eigenvalue weighted by atomic mass is 79.9. The molecule has 1 aromatic heterocycles. The molecule has 0 saturated heterocycles. The molecule has 1 rings (SSSR count). The number of halogens is 1. The van der Waals surface area contributed by atoms with Crippen molar-refractivity contribution >= 4 is 15.9 Å². The first-order valence-corrected chi connectivity index (χ1v) is 4.15. The maximum atomic E-state index is 11.3. The molecule has 0 aliphatic rings. The molecule has 12 heavy (non-hydrogen) atoms. The molecule has 0 saturated carbocycles. The minimum atomic E-state index is -0.352. The molecule has 1 aromatic rings. The molecule has 62 valence electrons. The highest BCUT2D eigenvalue weighted by Crippen LogP contribution is 2.08. The van der Waals surface area contributed by atoms with Gasteiger partial charge in [0.15, 0.2) is 0 Å². The van der Waals surface area contributed by atoms with Crippen LogP contribution in [0.1, 0.15) is 12.5 Å². The Morgan fingerprint density at radius 1 is 1.83 bits per heavy atom. The van der Waals surface area contributed by atoms with Crippen LogP contribution in [-0.2, 0) is 6.54 Å². The fourth-order valence-corrected chi connectivity index (χ4v) is 1.14. The summed E-state index contributed by atoms with van der Waals surface area (Å²) < 4.78 is 1.68. The fourth-order valence-electron chi connectivity index (χ4n) is 0.795. The van der Waals surface area contributed by atoms with Crippen molar-refractivity contribution in [3.05, 3.63) is 26.6 Å². The largest absolute Gasteiger partial charge is 0.285 e. The lowest BCUT2D eigenvalue weighted by Gasteiger charge is -1.99. The van der Waals surface area contributed by atoms with Crippen LogP contribution in [-0.4, -0.2) is 9.78 Å². The van der Waals surface area contributed by atoms with Crippen molar-refractivity contribution in [1.29, 1.82) is 5.26 Å². The molecule has 0 atom stereocenters. The van der Waals surface area contributed by atoms with Crippen LogP contribution in [0.25, 0.3) is 0 Å². The van der Waals surface area contributed by atoms with E-state index in [0.29, 0.717) is 11.0 Å². The van der Waals surface area contributed by atoms with Gasteiger partial charge in [0, 0.05) is 6.54 Å². The summed E-state index contributed by atoms with van der Waals surface area (Å²) in [5.74, 6) is 0. The summed E-state index contributed by atoms with van der Waals surface area (Å²) in [6.45, 7) is 2.27. The van der Waals surface area contributed by atoms with Crippen molar-refractivity contribution < 1.29 is 0 Å². The lowest BCUT2D eigenvalue weighted by molar-refractivity contribution is 0.611. The van der Waals surface area contributed by atoms with Crippen LogP contribution in [0.5, 0.6) is 0 Å². The average Bonchev–Trinajstić information content (AvgIpc) is 2.06. The summed E-state index contributed by atoms with van der Waals surface area (Å²) in [5, 5.41) is 12.4. The molecule has 0 bridgehead atoms. The first kappa shape index (κ1) is 8.94. The maximum Gasteiger partial charge on any atom is 0.285 e. The fraction of sp³-hybridized carbons (Fsp3) is 0.286. The van der Waals surface area contributed by atoms with Crippen LogP contribution in [0, 0.1) is 11.3 Å². The second-order valence-corrected chi connectivity index (χ2v) is 2.95. The Labute approximate surface area is 77.6 Å². The van der Waals surface area contributed by atoms with Gasteiger partial charge in [-0.15, -0.1) is 0 Å². The molecule has 0 spiro atoms. The van der Waals surface area contributed by atoms with Crippen molar-refractivity contribution in [2.24, 2.45) is 0 Å². The molecule has 0 aliphatic carbocycles. The van der Waals surface area contributed by atoms with E-state index in [4.69, 9.17) is 5.26 Å². The van der Waals surface area contributed by atoms with Gasteiger partial charge in [0.1, 0.15) is 11.6 Å². The van der Waals surface area contributed by atoms with E-state index in [-0.39, 0.29) is 11.1 Å². The van der Waals surface area contributed by atoms with Gasteiger partial charge in [-0.05, 0) is 22.9 Å². The van der Waals surface area contributed by atoms with Crippen LogP contribution in [0.15, 0.2) is 15.5 Å². The average molecular weight is 228 g/mol. The zero-order valence-corrected chi connectivity index (χ0v) is 8.00. The van der Waals surface area contributed by atoms with Gasteiger partial charge in [-0.1, -0.05) is 0 Å². The van der Waals surface area contributed by atoms with Crippen molar-refractivity contribution in [3.8, 4) is 6.07 Å². The Hall–Kier alpha value is -1.15. The molecule has 0 aromatic carbocycles. The van der Waals surface area contributed by atoms with Gasteiger partial charge in [0.2, 0.25) is 0 Å². The topological polar surface area (TPSA) is 58.7 Å². The molecule has 0 amide bonds. The number of nitrogens with zero attached hydrogens (tertiary/aromatic N) is 3. The second kappa shape index (κ2) is 3.50. The number of aryl methyl sites for hydroxylation is 1. The quantitative estimate of drug-likeness (QED) is 0.717. The third-order valence-corrected chi connectivity index (χ3v) is 2.01. The first-order chi connectivity index (χ1) is 5.70. The summed E-state index contributed by atoms with van der Waals surface area (Å²) in [4.78, 5) is 11.3. The van der Waals surface area contributed by atoms with E-state index in [1.165, 1.54) is 10.9 Å². The molecule has 5 heteroatoms. The van der Waals surface area contributed by atoms with Gasteiger partial charge in [-0.25, -0.2) is 4.68 Å². The maximum absolute atomic E-state index is 11.3. The lowest BCUT2D eigenvalue weighted by Crippen LogP contribution is -2.24. The van der Waals surface area contributed by atoms with Crippen molar-refractivity contribution in [2.45, 2.75) is 13.5 Å². The van der Waals surface area contributed by atoms with Gasteiger partial charge in [-0.2, -0.15) is 10.4 Å². The van der Waals surface area contributed by atoms with E-state index in [9.17, 15) is 4.79 Å². The standard InChI is InChI=1S/C7H6BrN3O/c1-2-11-7(12)5(3-9)6(8)4-10-11/h4H,2H2,1H3. The van der Waals surface area contributed by atoms with E-state index in [0.717, 1.165) is 0 Å². The summed E-state index contributed by atoms with van der Waals surface area (Å²) in [6.07, 6.45) is 1.45. The third-order valence-electron chi connectivity index (χ3n) is 1.41. The second-order valence-electron chi connectivity index (χ2n) is 2.10. The number of aromatic nitrogens is 2. The van der Waals surface area contributed by atoms with Crippen LogP contribution >= 0.6 is 15.9 Å². The Morgan fingerprint density at radius 2 is 2.50 bits per heavy atom. The van der Waals surface area contributed by atoms with E-state index >= 15 is 0 Å². The van der Waals surface area contributed by atoms with Crippen molar-refractivity contribution in [2.75, 3.05) is 0 Å².